The lowest BCUT2D eigenvalue weighted by Gasteiger charge is -2.36. The molecule has 2 N–H and O–H groups in total. The minimum Gasteiger partial charge on any atom is -0.497 e. The molecular weight excluding hydrogens is 268 g/mol. The summed E-state index contributed by atoms with van der Waals surface area (Å²) in [5.41, 5.74) is 6.36. The van der Waals surface area contributed by atoms with E-state index in [4.69, 9.17) is 15.2 Å². The topological polar surface area (TPSA) is 64.8 Å². The Kier molecular flexibility index (Phi) is 5.07. The Morgan fingerprint density at radius 1 is 1.38 bits per heavy atom. The van der Waals surface area contributed by atoms with Crippen molar-refractivity contribution in [2.45, 2.75) is 13.3 Å². The van der Waals surface area contributed by atoms with E-state index in [9.17, 15) is 4.79 Å². The summed E-state index contributed by atoms with van der Waals surface area (Å²) in [5.74, 6) is 2.13. The summed E-state index contributed by atoms with van der Waals surface area (Å²) in [6, 6.07) is 5.28. The van der Waals surface area contributed by atoms with Crippen molar-refractivity contribution < 1.29 is 14.3 Å². The van der Waals surface area contributed by atoms with Gasteiger partial charge in [0.2, 0.25) is 0 Å². The number of benzene rings is 1. The van der Waals surface area contributed by atoms with Crippen molar-refractivity contribution in [3.63, 3.8) is 0 Å². The number of rotatable bonds is 4. The van der Waals surface area contributed by atoms with Crippen molar-refractivity contribution in [2.24, 2.45) is 17.6 Å². The maximum atomic E-state index is 12.8. The van der Waals surface area contributed by atoms with E-state index in [1.807, 2.05) is 4.90 Å². The van der Waals surface area contributed by atoms with Gasteiger partial charge < -0.3 is 20.1 Å². The first-order chi connectivity index (χ1) is 10.1. The van der Waals surface area contributed by atoms with Crippen LogP contribution in [0.25, 0.3) is 0 Å². The lowest BCUT2D eigenvalue weighted by atomic mass is 9.87. The van der Waals surface area contributed by atoms with Gasteiger partial charge in [0.15, 0.2) is 0 Å². The summed E-state index contributed by atoms with van der Waals surface area (Å²) in [5, 5.41) is 0. The predicted octanol–water partition coefficient (Wildman–Crippen LogP) is 1.76. The molecule has 1 fully saturated rings. The van der Waals surface area contributed by atoms with E-state index in [0.717, 1.165) is 13.0 Å². The van der Waals surface area contributed by atoms with Crippen molar-refractivity contribution in [1.29, 1.82) is 0 Å². The number of amides is 1. The predicted molar refractivity (Wildman–Crippen MR) is 81.8 cm³/mol. The molecule has 1 aliphatic rings. The maximum absolute atomic E-state index is 12.8. The fraction of sp³-hybridized carbons (Fsp3) is 0.562. The normalized spacial score (nSPS) is 22.0. The maximum Gasteiger partial charge on any atom is 0.257 e. The molecule has 0 spiro atoms. The fourth-order valence-electron chi connectivity index (χ4n) is 2.79. The third-order valence-electron chi connectivity index (χ3n) is 4.34. The van der Waals surface area contributed by atoms with Crippen molar-refractivity contribution in [2.75, 3.05) is 33.9 Å². The largest absolute Gasteiger partial charge is 0.497 e. The standard InChI is InChI=1S/C16H24N2O3/c1-11-6-7-18(10-12(11)9-17)16(19)14-8-13(20-2)4-5-15(14)21-3/h4-5,8,11-12H,6-7,9-10,17H2,1-3H3. The van der Waals surface area contributed by atoms with Gasteiger partial charge in [-0.25, -0.2) is 0 Å². The molecule has 21 heavy (non-hydrogen) atoms. The Bertz CT molecular complexity index is 504. The molecule has 0 aromatic heterocycles. The highest BCUT2D eigenvalue weighted by atomic mass is 16.5. The summed E-state index contributed by atoms with van der Waals surface area (Å²) >= 11 is 0. The van der Waals surface area contributed by atoms with Crippen molar-refractivity contribution in [1.82, 2.24) is 4.90 Å². The lowest BCUT2D eigenvalue weighted by Crippen LogP contribution is -2.45. The second-order valence-electron chi connectivity index (χ2n) is 5.58. The van der Waals surface area contributed by atoms with E-state index < -0.39 is 0 Å². The van der Waals surface area contributed by atoms with Gasteiger partial charge in [0.25, 0.3) is 5.91 Å². The molecule has 0 aliphatic carbocycles. The molecule has 0 radical (unpaired) electrons. The van der Waals surface area contributed by atoms with E-state index in [1.54, 1.807) is 32.4 Å². The van der Waals surface area contributed by atoms with Crippen LogP contribution in [0.2, 0.25) is 0 Å². The summed E-state index contributed by atoms with van der Waals surface area (Å²) < 4.78 is 10.5. The van der Waals surface area contributed by atoms with Gasteiger partial charge in [-0.3, -0.25) is 4.79 Å². The molecular formula is C16H24N2O3. The minimum atomic E-state index is -0.0175. The Labute approximate surface area is 126 Å². The van der Waals surface area contributed by atoms with Crippen LogP contribution in [0, 0.1) is 11.8 Å². The Morgan fingerprint density at radius 3 is 2.76 bits per heavy atom. The zero-order chi connectivity index (χ0) is 15.4. The number of hydrogen-bond acceptors (Lipinski definition) is 4. The molecule has 0 bridgehead atoms. The monoisotopic (exact) mass is 292 g/mol. The highest BCUT2D eigenvalue weighted by molar-refractivity contribution is 5.97. The first kappa shape index (κ1) is 15.6. The number of ether oxygens (including phenoxy) is 2. The number of carbonyl (C=O) groups is 1. The fourth-order valence-corrected chi connectivity index (χ4v) is 2.79. The number of nitrogens with two attached hydrogens (primary N) is 1. The van der Waals surface area contributed by atoms with E-state index in [-0.39, 0.29) is 5.91 Å². The Hall–Kier alpha value is -1.75. The molecule has 2 rings (SSSR count). The molecule has 116 valence electrons. The van der Waals surface area contributed by atoms with Gasteiger partial charge in [0.1, 0.15) is 11.5 Å². The van der Waals surface area contributed by atoms with Crippen molar-refractivity contribution in [3.05, 3.63) is 23.8 Å². The van der Waals surface area contributed by atoms with E-state index >= 15 is 0 Å². The van der Waals surface area contributed by atoms with Gasteiger partial charge in [0.05, 0.1) is 19.8 Å². The first-order valence-corrected chi connectivity index (χ1v) is 7.32. The van der Waals surface area contributed by atoms with E-state index in [1.165, 1.54) is 0 Å². The number of likely N-dealkylation sites (tertiary alicyclic amines) is 1. The number of carbonyl (C=O) groups excluding carboxylic acids is 1. The molecule has 2 atom stereocenters. The zero-order valence-corrected chi connectivity index (χ0v) is 13.0. The van der Waals surface area contributed by atoms with Gasteiger partial charge in [-0.15, -0.1) is 0 Å². The second-order valence-corrected chi connectivity index (χ2v) is 5.58. The smallest absolute Gasteiger partial charge is 0.257 e. The van der Waals surface area contributed by atoms with Crippen LogP contribution in [-0.2, 0) is 0 Å². The van der Waals surface area contributed by atoms with Crippen LogP contribution >= 0.6 is 0 Å². The molecule has 2 unspecified atom stereocenters. The Balaban J connectivity index is 2.23. The minimum absolute atomic E-state index is 0.0175. The summed E-state index contributed by atoms with van der Waals surface area (Å²) in [7, 11) is 3.16. The van der Waals surface area contributed by atoms with Crippen LogP contribution in [0.4, 0.5) is 0 Å². The van der Waals surface area contributed by atoms with Crippen LogP contribution in [-0.4, -0.2) is 44.7 Å². The van der Waals surface area contributed by atoms with Crippen LogP contribution < -0.4 is 15.2 Å². The number of nitrogens with zero attached hydrogens (tertiary/aromatic N) is 1. The highest BCUT2D eigenvalue weighted by Crippen LogP contribution is 2.28. The summed E-state index contributed by atoms with van der Waals surface area (Å²) in [6.45, 7) is 4.28. The molecule has 1 saturated heterocycles. The molecule has 5 heteroatoms. The SMILES string of the molecule is COc1ccc(OC)c(C(=O)N2CCC(C)C(CN)C2)c1. The van der Waals surface area contributed by atoms with E-state index in [2.05, 4.69) is 6.92 Å². The van der Waals surface area contributed by atoms with Crippen LogP contribution in [0.1, 0.15) is 23.7 Å². The molecule has 1 aliphatic heterocycles. The third-order valence-corrected chi connectivity index (χ3v) is 4.34. The Morgan fingerprint density at radius 2 is 2.14 bits per heavy atom. The summed E-state index contributed by atoms with van der Waals surface area (Å²) in [6.07, 6.45) is 0.986. The van der Waals surface area contributed by atoms with Crippen LogP contribution in [0.15, 0.2) is 18.2 Å². The lowest BCUT2D eigenvalue weighted by molar-refractivity contribution is 0.0615. The molecule has 5 nitrogen and oxygen atoms in total. The molecule has 1 aromatic carbocycles. The molecule has 1 aromatic rings. The average Bonchev–Trinajstić information content (AvgIpc) is 2.54. The molecule has 0 saturated carbocycles. The molecule has 1 heterocycles. The average molecular weight is 292 g/mol. The van der Waals surface area contributed by atoms with Crippen LogP contribution in [0.5, 0.6) is 11.5 Å². The van der Waals surface area contributed by atoms with Crippen molar-refractivity contribution >= 4 is 5.91 Å². The second kappa shape index (κ2) is 6.80. The van der Waals surface area contributed by atoms with Crippen LogP contribution in [0.3, 0.4) is 0 Å². The first-order valence-electron chi connectivity index (χ1n) is 7.32. The quantitative estimate of drug-likeness (QED) is 0.918. The van der Waals surface area contributed by atoms with Gasteiger partial charge in [-0.1, -0.05) is 6.92 Å². The van der Waals surface area contributed by atoms with Gasteiger partial charge in [-0.05, 0) is 43.0 Å². The van der Waals surface area contributed by atoms with Crippen molar-refractivity contribution in [3.8, 4) is 11.5 Å². The number of methoxy groups -OCH3 is 2. The third kappa shape index (κ3) is 3.29. The van der Waals surface area contributed by atoms with Gasteiger partial charge >= 0.3 is 0 Å². The number of piperidine rings is 1. The van der Waals surface area contributed by atoms with Gasteiger partial charge in [0, 0.05) is 13.1 Å². The summed E-state index contributed by atoms with van der Waals surface area (Å²) in [4.78, 5) is 14.6. The highest BCUT2D eigenvalue weighted by Gasteiger charge is 2.29. The zero-order valence-electron chi connectivity index (χ0n) is 13.0. The molecule has 1 amide bonds. The number of hydrogen-bond donors (Lipinski definition) is 1. The van der Waals surface area contributed by atoms with E-state index in [0.29, 0.717) is 42.0 Å². The van der Waals surface area contributed by atoms with Gasteiger partial charge in [-0.2, -0.15) is 0 Å².